The standard InChI is InChI=1S/C20H18N2O/c23-20(18-13-12-15-7-4-5-10-17(15)21-18)22-14-6-11-19(22)16-8-2-1-3-9-16/h1-5,7-10,12-13,19H,6,11,14H2. The Hall–Kier alpha value is -2.68. The van der Waals surface area contributed by atoms with E-state index < -0.39 is 0 Å². The molecule has 0 bridgehead atoms. The van der Waals surface area contributed by atoms with Gasteiger partial charge >= 0.3 is 0 Å². The number of fused-ring (bicyclic) bond motifs is 1. The second kappa shape index (κ2) is 5.84. The van der Waals surface area contributed by atoms with Gasteiger partial charge in [0.1, 0.15) is 5.69 Å². The van der Waals surface area contributed by atoms with Crippen LogP contribution in [0.15, 0.2) is 66.7 Å². The fourth-order valence-corrected chi connectivity index (χ4v) is 3.36. The molecule has 1 unspecified atom stereocenters. The van der Waals surface area contributed by atoms with Crippen molar-refractivity contribution < 1.29 is 4.79 Å². The third-order valence-corrected chi connectivity index (χ3v) is 4.52. The average molecular weight is 302 g/mol. The fourth-order valence-electron chi connectivity index (χ4n) is 3.36. The van der Waals surface area contributed by atoms with Crippen LogP contribution in [0.5, 0.6) is 0 Å². The number of carbonyl (C=O) groups excluding carboxylic acids is 1. The first-order chi connectivity index (χ1) is 11.3. The van der Waals surface area contributed by atoms with Gasteiger partial charge in [-0.05, 0) is 30.5 Å². The number of carbonyl (C=O) groups is 1. The van der Waals surface area contributed by atoms with Gasteiger partial charge in [0, 0.05) is 11.9 Å². The average Bonchev–Trinajstić information content (AvgIpc) is 3.11. The zero-order valence-corrected chi connectivity index (χ0v) is 12.9. The Morgan fingerprint density at radius 3 is 2.61 bits per heavy atom. The molecule has 0 N–H and O–H groups in total. The minimum atomic E-state index is 0.0297. The number of nitrogens with zero attached hydrogens (tertiary/aromatic N) is 2. The van der Waals surface area contributed by atoms with Crippen molar-refractivity contribution in [2.75, 3.05) is 6.54 Å². The molecule has 4 rings (SSSR count). The van der Waals surface area contributed by atoms with Gasteiger partial charge in [0.15, 0.2) is 0 Å². The van der Waals surface area contributed by atoms with E-state index in [0.717, 1.165) is 30.3 Å². The van der Waals surface area contributed by atoms with Gasteiger partial charge in [0.05, 0.1) is 11.6 Å². The van der Waals surface area contributed by atoms with Crippen molar-refractivity contribution in [2.45, 2.75) is 18.9 Å². The smallest absolute Gasteiger partial charge is 0.272 e. The van der Waals surface area contributed by atoms with Gasteiger partial charge in [-0.1, -0.05) is 54.6 Å². The van der Waals surface area contributed by atoms with Gasteiger partial charge < -0.3 is 4.90 Å². The first kappa shape index (κ1) is 13.9. The molecule has 0 spiro atoms. The molecule has 3 nitrogen and oxygen atoms in total. The Morgan fingerprint density at radius 2 is 1.74 bits per heavy atom. The molecule has 1 saturated heterocycles. The molecule has 3 aromatic rings. The Kier molecular flexibility index (Phi) is 3.54. The lowest BCUT2D eigenvalue weighted by Gasteiger charge is -2.24. The third kappa shape index (κ3) is 2.59. The molecular formula is C20H18N2O. The molecule has 1 aliphatic heterocycles. The van der Waals surface area contributed by atoms with E-state index in [1.165, 1.54) is 5.56 Å². The van der Waals surface area contributed by atoms with Crippen LogP contribution in [-0.2, 0) is 0 Å². The van der Waals surface area contributed by atoms with Gasteiger partial charge in [0.25, 0.3) is 5.91 Å². The molecule has 1 aliphatic rings. The highest BCUT2D eigenvalue weighted by Crippen LogP contribution is 2.32. The molecule has 1 atom stereocenters. The van der Waals surface area contributed by atoms with E-state index in [2.05, 4.69) is 17.1 Å². The molecule has 0 radical (unpaired) electrons. The summed E-state index contributed by atoms with van der Waals surface area (Å²) in [5.74, 6) is 0.0297. The van der Waals surface area contributed by atoms with Gasteiger partial charge in [0.2, 0.25) is 0 Å². The number of hydrogen-bond donors (Lipinski definition) is 0. The quantitative estimate of drug-likeness (QED) is 0.710. The van der Waals surface area contributed by atoms with E-state index in [-0.39, 0.29) is 11.9 Å². The molecule has 1 fully saturated rings. The van der Waals surface area contributed by atoms with E-state index >= 15 is 0 Å². The summed E-state index contributed by atoms with van der Waals surface area (Å²) in [5, 5.41) is 1.06. The second-order valence-electron chi connectivity index (χ2n) is 5.96. The second-order valence-corrected chi connectivity index (χ2v) is 5.96. The zero-order chi connectivity index (χ0) is 15.6. The molecule has 1 amide bonds. The number of rotatable bonds is 2. The van der Waals surface area contributed by atoms with Crippen molar-refractivity contribution in [1.82, 2.24) is 9.88 Å². The highest BCUT2D eigenvalue weighted by Gasteiger charge is 2.31. The first-order valence-corrected chi connectivity index (χ1v) is 8.05. The fraction of sp³-hybridized carbons (Fsp3) is 0.200. The summed E-state index contributed by atoms with van der Waals surface area (Å²) < 4.78 is 0. The van der Waals surface area contributed by atoms with Crippen molar-refractivity contribution in [3.8, 4) is 0 Å². The summed E-state index contributed by atoms with van der Waals surface area (Å²) in [6.07, 6.45) is 2.06. The van der Waals surface area contributed by atoms with Crippen LogP contribution in [0.3, 0.4) is 0 Å². The monoisotopic (exact) mass is 302 g/mol. The topological polar surface area (TPSA) is 33.2 Å². The Labute approximate surface area is 135 Å². The van der Waals surface area contributed by atoms with Gasteiger partial charge in [-0.15, -0.1) is 0 Å². The van der Waals surface area contributed by atoms with Crippen molar-refractivity contribution in [3.63, 3.8) is 0 Å². The lowest BCUT2D eigenvalue weighted by atomic mass is 10.0. The number of benzene rings is 2. The molecule has 23 heavy (non-hydrogen) atoms. The molecule has 114 valence electrons. The van der Waals surface area contributed by atoms with E-state index in [1.54, 1.807) is 0 Å². The Morgan fingerprint density at radius 1 is 0.957 bits per heavy atom. The minimum Gasteiger partial charge on any atom is -0.330 e. The van der Waals surface area contributed by atoms with Crippen LogP contribution < -0.4 is 0 Å². The molecule has 2 aromatic carbocycles. The van der Waals surface area contributed by atoms with E-state index in [9.17, 15) is 4.79 Å². The third-order valence-electron chi connectivity index (χ3n) is 4.52. The Bertz CT molecular complexity index is 844. The summed E-state index contributed by atoms with van der Waals surface area (Å²) in [6, 6.07) is 22.2. The molecule has 1 aromatic heterocycles. The SMILES string of the molecule is O=C(c1ccc2ccccc2n1)N1CCCC1c1ccccc1. The van der Waals surface area contributed by atoms with Crippen LogP contribution in [0.25, 0.3) is 10.9 Å². The maximum Gasteiger partial charge on any atom is 0.272 e. The highest BCUT2D eigenvalue weighted by atomic mass is 16.2. The number of amides is 1. The van der Waals surface area contributed by atoms with Gasteiger partial charge in [-0.2, -0.15) is 0 Å². The van der Waals surface area contributed by atoms with Crippen molar-refractivity contribution >= 4 is 16.8 Å². The number of hydrogen-bond acceptors (Lipinski definition) is 2. The molecule has 0 aliphatic carbocycles. The van der Waals surface area contributed by atoms with Crippen LogP contribution in [0.2, 0.25) is 0 Å². The van der Waals surface area contributed by atoms with Crippen LogP contribution in [0.1, 0.15) is 34.9 Å². The van der Waals surface area contributed by atoms with Crippen molar-refractivity contribution in [1.29, 1.82) is 0 Å². The van der Waals surface area contributed by atoms with Crippen LogP contribution in [0.4, 0.5) is 0 Å². The minimum absolute atomic E-state index is 0.0297. The van der Waals surface area contributed by atoms with E-state index in [0.29, 0.717) is 5.69 Å². The molecule has 0 saturated carbocycles. The van der Waals surface area contributed by atoms with E-state index in [1.807, 2.05) is 59.5 Å². The predicted molar refractivity (Wildman–Crippen MR) is 91.2 cm³/mol. The summed E-state index contributed by atoms with van der Waals surface area (Å²) >= 11 is 0. The summed E-state index contributed by atoms with van der Waals surface area (Å²) in [7, 11) is 0. The van der Waals surface area contributed by atoms with Crippen molar-refractivity contribution in [2.24, 2.45) is 0 Å². The van der Waals surface area contributed by atoms with Gasteiger partial charge in [-0.25, -0.2) is 4.98 Å². The van der Waals surface area contributed by atoms with Crippen LogP contribution in [0, 0.1) is 0 Å². The first-order valence-electron chi connectivity index (χ1n) is 8.05. The highest BCUT2D eigenvalue weighted by molar-refractivity contribution is 5.95. The number of pyridine rings is 1. The zero-order valence-electron chi connectivity index (χ0n) is 12.9. The summed E-state index contributed by atoms with van der Waals surface area (Å²) in [6.45, 7) is 0.799. The number of para-hydroxylation sites is 1. The van der Waals surface area contributed by atoms with Crippen LogP contribution in [-0.4, -0.2) is 22.3 Å². The molecule has 3 heteroatoms. The maximum absolute atomic E-state index is 12.9. The number of aromatic nitrogens is 1. The summed E-state index contributed by atoms with van der Waals surface area (Å²) in [4.78, 5) is 19.5. The maximum atomic E-state index is 12.9. The lowest BCUT2D eigenvalue weighted by Crippen LogP contribution is -2.31. The Balaban J connectivity index is 1.66. The summed E-state index contributed by atoms with van der Waals surface area (Å²) in [5.41, 5.74) is 2.61. The van der Waals surface area contributed by atoms with Gasteiger partial charge in [-0.3, -0.25) is 4.79 Å². The normalized spacial score (nSPS) is 17.6. The molecule has 2 heterocycles. The molecular weight excluding hydrogens is 284 g/mol. The predicted octanol–water partition coefficient (Wildman–Crippen LogP) is 4.21. The van der Waals surface area contributed by atoms with Crippen LogP contribution >= 0.6 is 0 Å². The van der Waals surface area contributed by atoms with E-state index in [4.69, 9.17) is 0 Å². The number of likely N-dealkylation sites (tertiary alicyclic amines) is 1. The lowest BCUT2D eigenvalue weighted by molar-refractivity contribution is 0.0730. The van der Waals surface area contributed by atoms with Crippen molar-refractivity contribution in [3.05, 3.63) is 78.0 Å². The largest absolute Gasteiger partial charge is 0.330 e.